The number of nitrogen functional groups attached to an aromatic ring is 1. The average molecular weight is 258 g/mol. The molecule has 0 bridgehead atoms. The number of carbonyl (C=O) groups excluding carboxylic acids is 1. The molecule has 0 fully saturated rings. The Kier molecular flexibility index (Phi) is 2.31. The number of nitrogens with two attached hydrogens (primary N) is 2. The Labute approximate surface area is 107 Å². The summed E-state index contributed by atoms with van der Waals surface area (Å²) in [6, 6.07) is 11.2. The maximum Gasteiger partial charge on any atom is 0.340 e. The van der Waals surface area contributed by atoms with Crippen LogP contribution in [-0.4, -0.2) is 15.8 Å². The molecule has 5 nitrogen and oxygen atoms in total. The van der Waals surface area contributed by atoms with Crippen LogP contribution in [0.5, 0.6) is 0 Å². The van der Waals surface area contributed by atoms with Crippen molar-refractivity contribution in [2.24, 2.45) is 5.73 Å². The molecule has 3 aromatic rings. The van der Waals surface area contributed by atoms with Gasteiger partial charge in [-0.3, -0.25) is 0 Å². The van der Waals surface area contributed by atoms with E-state index >= 15 is 0 Å². The maximum absolute atomic E-state index is 11.2. The molecule has 1 amide bonds. The average Bonchev–Trinajstić information content (AvgIpc) is 2.91. The van der Waals surface area contributed by atoms with Crippen LogP contribution in [0.15, 0.2) is 36.4 Å². The number of hydrogen-bond acceptors (Lipinski definition) is 4. The van der Waals surface area contributed by atoms with Crippen LogP contribution in [0.3, 0.4) is 0 Å². The second-order valence-corrected chi connectivity index (χ2v) is 4.86. The Balaban J connectivity index is 2.23. The van der Waals surface area contributed by atoms with Gasteiger partial charge in [-0.1, -0.05) is 30.3 Å². The number of hydrogen-bond donors (Lipinski definition) is 2. The topological polar surface area (TPSA) is 86.9 Å². The molecular formula is C12H10N4OS. The number of benzene rings is 1. The van der Waals surface area contributed by atoms with Gasteiger partial charge in [-0.2, -0.15) is 4.68 Å². The molecule has 0 saturated heterocycles. The summed E-state index contributed by atoms with van der Waals surface area (Å²) in [7, 11) is 0. The van der Waals surface area contributed by atoms with E-state index in [0.717, 1.165) is 20.5 Å². The summed E-state index contributed by atoms with van der Waals surface area (Å²) in [6.45, 7) is 0. The van der Waals surface area contributed by atoms with Gasteiger partial charge in [-0.15, -0.1) is 16.4 Å². The molecule has 0 unspecified atom stereocenters. The van der Waals surface area contributed by atoms with Gasteiger partial charge in [-0.25, -0.2) is 4.79 Å². The number of amides is 1. The van der Waals surface area contributed by atoms with Gasteiger partial charge < -0.3 is 11.5 Å². The number of nitrogens with zero attached hydrogens (tertiary/aromatic N) is 2. The minimum absolute atomic E-state index is 0.322. The number of carbonyl (C=O) groups is 1. The smallest absolute Gasteiger partial charge is 0.340 e. The Morgan fingerprint density at radius 3 is 2.67 bits per heavy atom. The van der Waals surface area contributed by atoms with Gasteiger partial charge in [0.15, 0.2) is 5.82 Å². The molecular weight excluding hydrogens is 248 g/mol. The summed E-state index contributed by atoms with van der Waals surface area (Å²) in [4.78, 5) is 13.0. The lowest BCUT2D eigenvalue weighted by Crippen LogP contribution is -2.20. The lowest BCUT2D eigenvalue weighted by molar-refractivity contribution is 0.249. The van der Waals surface area contributed by atoms with Gasteiger partial charge >= 0.3 is 6.03 Å². The first-order valence-electron chi connectivity index (χ1n) is 5.30. The molecule has 6 heteroatoms. The molecule has 0 saturated carbocycles. The highest BCUT2D eigenvalue weighted by atomic mass is 32.1. The molecule has 0 aliphatic carbocycles. The largest absolute Gasteiger partial charge is 0.382 e. The number of rotatable bonds is 1. The summed E-state index contributed by atoms with van der Waals surface area (Å²) in [5, 5.41) is 4.68. The zero-order chi connectivity index (χ0) is 12.7. The molecule has 3 rings (SSSR count). The Morgan fingerprint density at radius 2 is 2.00 bits per heavy atom. The number of thiophene rings is 1. The zero-order valence-corrected chi connectivity index (χ0v) is 10.1. The van der Waals surface area contributed by atoms with Crippen molar-refractivity contribution in [1.29, 1.82) is 0 Å². The van der Waals surface area contributed by atoms with E-state index < -0.39 is 6.03 Å². The Bertz CT molecular complexity index is 729. The summed E-state index contributed by atoms with van der Waals surface area (Å²) >= 11 is 1.45. The number of aromatic nitrogens is 2. The quantitative estimate of drug-likeness (QED) is 0.702. The third-order valence-electron chi connectivity index (χ3n) is 2.66. The van der Waals surface area contributed by atoms with Crippen molar-refractivity contribution in [2.45, 2.75) is 0 Å². The van der Waals surface area contributed by atoms with Crippen molar-refractivity contribution < 1.29 is 4.79 Å². The second kappa shape index (κ2) is 3.85. The molecule has 0 aliphatic rings. The normalized spacial score (nSPS) is 10.9. The summed E-state index contributed by atoms with van der Waals surface area (Å²) in [5.41, 5.74) is 12.1. The Morgan fingerprint density at radius 1 is 1.28 bits per heavy atom. The van der Waals surface area contributed by atoms with Crippen molar-refractivity contribution in [3.63, 3.8) is 0 Å². The van der Waals surface area contributed by atoms with E-state index in [-0.39, 0.29) is 0 Å². The minimum atomic E-state index is -0.627. The molecule has 90 valence electrons. The van der Waals surface area contributed by atoms with Crippen LogP contribution in [0.1, 0.15) is 0 Å². The van der Waals surface area contributed by atoms with Crippen LogP contribution in [0.25, 0.3) is 20.7 Å². The van der Waals surface area contributed by atoms with Crippen LogP contribution < -0.4 is 11.5 Å². The number of fused-ring (bicyclic) bond motifs is 1. The van der Waals surface area contributed by atoms with Crippen molar-refractivity contribution >= 4 is 33.4 Å². The molecule has 2 aromatic heterocycles. The first-order chi connectivity index (χ1) is 8.66. The summed E-state index contributed by atoms with van der Waals surface area (Å²) in [5.74, 6) is 0.322. The molecule has 1 aromatic carbocycles. The molecule has 0 radical (unpaired) electrons. The standard InChI is InChI=1S/C12H10N4OS/c13-10-8-6-9(7-4-2-1-3-5-7)18-11(8)16(15-10)12(14)17/h1-6H,(H2,13,15)(H2,14,17). The monoisotopic (exact) mass is 258 g/mol. The highest BCUT2D eigenvalue weighted by Gasteiger charge is 2.15. The maximum atomic E-state index is 11.2. The number of primary amides is 1. The molecule has 4 N–H and O–H groups in total. The SMILES string of the molecule is NC(=O)n1nc(N)c2cc(-c3ccccc3)sc21. The van der Waals surface area contributed by atoms with Gasteiger partial charge in [0.05, 0.1) is 5.39 Å². The lowest BCUT2D eigenvalue weighted by atomic mass is 10.2. The van der Waals surface area contributed by atoms with E-state index in [1.807, 2.05) is 36.4 Å². The highest BCUT2D eigenvalue weighted by molar-refractivity contribution is 7.22. The van der Waals surface area contributed by atoms with E-state index in [1.165, 1.54) is 11.3 Å². The predicted molar refractivity (Wildman–Crippen MR) is 72.4 cm³/mol. The predicted octanol–water partition coefficient (Wildman–Crippen LogP) is 2.27. The van der Waals surface area contributed by atoms with E-state index in [1.54, 1.807) is 0 Å². The fourth-order valence-electron chi connectivity index (χ4n) is 1.82. The van der Waals surface area contributed by atoms with E-state index in [9.17, 15) is 4.79 Å². The molecule has 18 heavy (non-hydrogen) atoms. The highest BCUT2D eigenvalue weighted by Crippen LogP contribution is 2.35. The molecule has 0 atom stereocenters. The van der Waals surface area contributed by atoms with E-state index in [2.05, 4.69) is 5.10 Å². The van der Waals surface area contributed by atoms with Gasteiger partial charge in [0, 0.05) is 4.88 Å². The molecule has 2 heterocycles. The van der Waals surface area contributed by atoms with Gasteiger partial charge in [0.2, 0.25) is 0 Å². The minimum Gasteiger partial charge on any atom is -0.382 e. The number of anilines is 1. The first kappa shape index (κ1) is 10.8. The summed E-state index contributed by atoms with van der Waals surface area (Å²) < 4.78 is 1.14. The van der Waals surface area contributed by atoms with Crippen LogP contribution >= 0.6 is 11.3 Å². The van der Waals surface area contributed by atoms with Crippen molar-refractivity contribution in [3.8, 4) is 10.4 Å². The van der Waals surface area contributed by atoms with Crippen molar-refractivity contribution in [3.05, 3.63) is 36.4 Å². The van der Waals surface area contributed by atoms with Crippen LogP contribution in [0, 0.1) is 0 Å². The van der Waals surface area contributed by atoms with E-state index in [0.29, 0.717) is 10.6 Å². The fourth-order valence-corrected chi connectivity index (χ4v) is 2.95. The van der Waals surface area contributed by atoms with Gasteiger partial charge in [-0.05, 0) is 11.6 Å². The third-order valence-corrected chi connectivity index (χ3v) is 3.82. The van der Waals surface area contributed by atoms with Gasteiger partial charge in [0.1, 0.15) is 4.83 Å². The van der Waals surface area contributed by atoms with E-state index in [4.69, 9.17) is 11.5 Å². The van der Waals surface area contributed by atoms with Crippen LogP contribution in [0.2, 0.25) is 0 Å². The first-order valence-corrected chi connectivity index (χ1v) is 6.12. The van der Waals surface area contributed by atoms with Gasteiger partial charge in [0.25, 0.3) is 0 Å². The third kappa shape index (κ3) is 1.54. The second-order valence-electron chi connectivity index (χ2n) is 3.83. The van der Waals surface area contributed by atoms with Crippen LogP contribution in [-0.2, 0) is 0 Å². The molecule has 0 aliphatic heterocycles. The Hall–Kier alpha value is -2.34. The molecule has 0 spiro atoms. The summed E-state index contributed by atoms with van der Waals surface area (Å²) in [6.07, 6.45) is 0. The fraction of sp³-hybridized carbons (Fsp3) is 0. The zero-order valence-electron chi connectivity index (χ0n) is 9.33. The van der Waals surface area contributed by atoms with Crippen LogP contribution in [0.4, 0.5) is 10.6 Å². The van der Waals surface area contributed by atoms with Crippen molar-refractivity contribution in [2.75, 3.05) is 5.73 Å². The lowest BCUT2D eigenvalue weighted by Gasteiger charge is -1.96. The van der Waals surface area contributed by atoms with Crippen molar-refractivity contribution in [1.82, 2.24) is 9.78 Å².